The molecule has 0 radical (unpaired) electrons. The summed E-state index contributed by atoms with van der Waals surface area (Å²) >= 11 is 0. The quantitative estimate of drug-likeness (QED) is 0.667. The van der Waals surface area contributed by atoms with Crippen LogP contribution < -0.4 is 5.73 Å². The number of sulfone groups is 1. The van der Waals surface area contributed by atoms with Gasteiger partial charge in [-0.3, -0.25) is 0 Å². The van der Waals surface area contributed by atoms with Crippen LogP contribution in [0.2, 0.25) is 0 Å². The predicted octanol–water partition coefficient (Wildman–Crippen LogP) is 2.09. The normalized spacial score (nSPS) is 11.4. The zero-order valence-corrected chi connectivity index (χ0v) is 10.7. The number of aromatic hydroxyl groups is 1. The molecule has 0 bridgehead atoms. The average molecular weight is 281 g/mol. The second-order valence-electron chi connectivity index (χ2n) is 4.11. The number of phenols is 1. The summed E-state index contributed by atoms with van der Waals surface area (Å²) in [6.45, 7) is 0. The maximum Gasteiger partial charge on any atom is 0.184 e. The van der Waals surface area contributed by atoms with E-state index in [1.807, 2.05) is 0 Å². The van der Waals surface area contributed by atoms with E-state index in [0.29, 0.717) is 5.56 Å². The van der Waals surface area contributed by atoms with Gasteiger partial charge in [0.15, 0.2) is 9.84 Å². The Balaban J connectivity index is 2.38. The fourth-order valence-electron chi connectivity index (χ4n) is 1.75. The molecule has 2 aromatic carbocycles. The lowest BCUT2D eigenvalue weighted by Gasteiger charge is -2.08. The zero-order valence-electron chi connectivity index (χ0n) is 9.88. The van der Waals surface area contributed by atoms with Crippen molar-refractivity contribution in [2.75, 3.05) is 5.73 Å². The van der Waals surface area contributed by atoms with Crippen LogP contribution >= 0.6 is 0 Å². The monoisotopic (exact) mass is 281 g/mol. The third kappa shape index (κ3) is 3.03. The molecule has 2 rings (SSSR count). The van der Waals surface area contributed by atoms with Gasteiger partial charge in [-0.25, -0.2) is 12.8 Å². The van der Waals surface area contributed by atoms with Crippen molar-refractivity contribution in [2.24, 2.45) is 0 Å². The number of nitrogen functional groups attached to an aromatic ring is 1. The van der Waals surface area contributed by atoms with Crippen molar-refractivity contribution in [3.8, 4) is 5.75 Å². The van der Waals surface area contributed by atoms with Crippen LogP contribution in [-0.2, 0) is 15.6 Å². The minimum Gasteiger partial charge on any atom is -0.508 e. The fourth-order valence-corrected chi connectivity index (χ4v) is 3.21. The highest BCUT2D eigenvalue weighted by Crippen LogP contribution is 2.24. The van der Waals surface area contributed by atoms with Gasteiger partial charge in [-0.1, -0.05) is 12.1 Å². The van der Waals surface area contributed by atoms with Crippen LogP contribution in [0.5, 0.6) is 5.75 Å². The first-order valence-electron chi connectivity index (χ1n) is 5.44. The molecule has 0 amide bonds. The lowest BCUT2D eigenvalue weighted by Crippen LogP contribution is -2.08. The molecule has 6 heteroatoms. The van der Waals surface area contributed by atoms with E-state index in [4.69, 9.17) is 5.73 Å². The molecule has 0 saturated heterocycles. The molecule has 0 unspecified atom stereocenters. The van der Waals surface area contributed by atoms with E-state index in [2.05, 4.69) is 0 Å². The molecule has 4 nitrogen and oxygen atoms in total. The zero-order chi connectivity index (χ0) is 14.0. The van der Waals surface area contributed by atoms with Crippen LogP contribution in [0.1, 0.15) is 5.56 Å². The van der Waals surface area contributed by atoms with Crippen molar-refractivity contribution >= 4 is 15.5 Å². The highest BCUT2D eigenvalue weighted by Gasteiger charge is 2.19. The lowest BCUT2D eigenvalue weighted by molar-refractivity contribution is 0.475. The molecule has 2 aromatic rings. The summed E-state index contributed by atoms with van der Waals surface area (Å²) in [5, 5.41) is 9.30. The molecule has 19 heavy (non-hydrogen) atoms. The van der Waals surface area contributed by atoms with Crippen LogP contribution in [-0.4, -0.2) is 13.5 Å². The van der Waals surface area contributed by atoms with Crippen LogP contribution in [0.4, 0.5) is 10.1 Å². The highest BCUT2D eigenvalue weighted by molar-refractivity contribution is 7.90. The minimum absolute atomic E-state index is 0.0141. The number of halogens is 1. The first-order chi connectivity index (χ1) is 8.88. The van der Waals surface area contributed by atoms with Gasteiger partial charge in [-0.2, -0.15) is 0 Å². The Morgan fingerprint density at radius 2 is 1.89 bits per heavy atom. The van der Waals surface area contributed by atoms with E-state index >= 15 is 0 Å². The van der Waals surface area contributed by atoms with Gasteiger partial charge in [0.25, 0.3) is 0 Å². The van der Waals surface area contributed by atoms with Crippen molar-refractivity contribution in [3.63, 3.8) is 0 Å². The van der Waals surface area contributed by atoms with Crippen LogP contribution in [0.15, 0.2) is 47.4 Å². The molecule has 3 N–H and O–H groups in total. The smallest absolute Gasteiger partial charge is 0.184 e. The molecule has 0 heterocycles. The van der Waals surface area contributed by atoms with Gasteiger partial charge in [-0.15, -0.1) is 0 Å². The Bertz CT molecular complexity index is 714. The second-order valence-corrected chi connectivity index (χ2v) is 6.07. The van der Waals surface area contributed by atoms with Crippen molar-refractivity contribution in [1.29, 1.82) is 0 Å². The third-order valence-electron chi connectivity index (χ3n) is 2.57. The van der Waals surface area contributed by atoms with Gasteiger partial charge in [-0.05, 0) is 35.9 Å². The van der Waals surface area contributed by atoms with Crippen molar-refractivity contribution in [1.82, 2.24) is 0 Å². The third-order valence-corrected chi connectivity index (χ3v) is 4.33. The number of phenolic OH excluding ortho intramolecular Hbond substituents is 1. The molecule has 100 valence electrons. The Morgan fingerprint density at radius 1 is 1.16 bits per heavy atom. The van der Waals surface area contributed by atoms with Crippen molar-refractivity contribution in [3.05, 3.63) is 53.8 Å². The van der Waals surface area contributed by atoms with E-state index in [-0.39, 0.29) is 22.1 Å². The van der Waals surface area contributed by atoms with Crippen LogP contribution in [0, 0.1) is 5.82 Å². The molecule has 0 spiro atoms. The number of hydrogen-bond acceptors (Lipinski definition) is 4. The molecule has 0 fully saturated rings. The molecule has 0 aromatic heterocycles. The summed E-state index contributed by atoms with van der Waals surface area (Å²) < 4.78 is 37.2. The van der Waals surface area contributed by atoms with Gasteiger partial charge in [0, 0.05) is 0 Å². The molecule has 0 aliphatic carbocycles. The van der Waals surface area contributed by atoms with Gasteiger partial charge >= 0.3 is 0 Å². The molecular formula is C13H12FNO3S. The van der Waals surface area contributed by atoms with Gasteiger partial charge in [0.2, 0.25) is 0 Å². The molecular weight excluding hydrogens is 269 g/mol. The van der Waals surface area contributed by atoms with Gasteiger partial charge < -0.3 is 10.8 Å². The lowest BCUT2D eigenvalue weighted by atomic mass is 10.2. The minimum atomic E-state index is -3.68. The van der Waals surface area contributed by atoms with E-state index in [1.165, 1.54) is 12.1 Å². The number of benzene rings is 2. The second kappa shape index (κ2) is 4.89. The number of hydrogen-bond donors (Lipinski definition) is 2. The summed E-state index contributed by atoms with van der Waals surface area (Å²) in [5.41, 5.74) is 5.83. The average Bonchev–Trinajstić information content (AvgIpc) is 2.27. The molecule has 0 aliphatic rings. The first kappa shape index (κ1) is 13.4. The maximum atomic E-state index is 12.9. The summed E-state index contributed by atoms with van der Waals surface area (Å²) in [7, 11) is -3.68. The Hall–Kier alpha value is -2.08. The SMILES string of the molecule is Nc1cc(F)ccc1S(=O)(=O)Cc1cccc(O)c1. The molecule has 0 saturated carbocycles. The summed E-state index contributed by atoms with van der Waals surface area (Å²) in [6, 6.07) is 9.09. The highest BCUT2D eigenvalue weighted by atomic mass is 32.2. The van der Waals surface area contributed by atoms with E-state index < -0.39 is 15.7 Å². The standard InChI is InChI=1S/C13H12FNO3S/c14-10-4-5-13(12(15)7-10)19(17,18)8-9-2-1-3-11(16)6-9/h1-7,16H,8,15H2. The van der Waals surface area contributed by atoms with Crippen LogP contribution in [0.25, 0.3) is 0 Å². The van der Waals surface area contributed by atoms with E-state index in [9.17, 15) is 17.9 Å². The molecule has 0 atom stereocenters. The Labute approximate surface area is 110 Å². The van der Waals surface area contributed by atoms with E-state index in [0.717, 1.165) is 18.2 Å². The van der Waals surface area contributed by atoms with Crippen LogP contribution in [0.3, 0.4) is 0 Å². The molecule has 0 aliphatic heterocycles. The largest absolute Gasteiger partial charge is 0.508 e. The first-order valence-corrected chi connectivity index (χ1v) is 7.09. The summed E-state index contributed by atoms with van der Waals surface area (Å²) in [4.78, 5) is -0.114. The number of anilines is 1. The van der Waals surface area contributed by atoms with Gasteiger partial charge in [0.05, 0.1) is 16.3 Å². The number of rotatable bonds is 3. The summed E-state index contributed by atoms with van der Waals surface area (Å²) in [6.07, 6.45) is 0. The van der Waals surface area contributed by atoms with Crippen molar-refractivity contribution < 1.29 is 17.9 Å². The van der Waals surface area contributed by atoms with Gasteiger partial charge in [0.1, 0.15) is 11.6 Å². The van der Waals surface area contributed by atoms with Crippen molar-refractivity contribution in [2.45, 2.75) is 10.6 Å². The maximum absolute atomic E-state index is 12.9. The fraction of sp³-hybridized carbons (Fsp3) is 0.0769. The predicted molar refractivity (Wildman–Crippen MR) is 69.8 cm³/mol. The Morgan fingerprint density at radius 3 is 2.53 bits per heavy atom. The van der Waals surface area contributed by atoms with E-state index in [1.54, 1.807) is 12.1 Å². The number of nitrogens with two attached hydrogens (primary N) is 1. The Kier molecular flexibility index (Phi) is 3.44. The summed E-state index contributed by atoms with van der Waals surface area (Å²) in [5.74, 6) is -0.911. The topological polar surface area (TPSA) is 80.4 Å².